The number of nitrogens with one attached hydrogen (secondary N) is 1. The molecule has 1 aliphatic rings. The molecule has 28 heavy (non-hydrogen) atoms. The lowest BCUT2D eigenvalue weighted by molar-refractivity contribution is -0.0295. The van der Waals surface area contributed by atoms with Crippen LogP contribution in [0.15, 0.2) is 30.3 Å². The Morgan fingerprint density at radius 2 is 2.04 bits per heavy atom. The SMILES string of the molecule is Cc1nn(Cc2ccccc2)c(C)c1C(=O)NCC1CN(CC(C)C)CCO1. The first-order valence-corrected chi connectivity index (χ1v) is 10.1. The summed E-state index contributed by atoms with van der Waals surface area (Å²) < 4.78 is 7.75. The van der Waals surface area contributed by atoms with Gasteiger partial charge in [0.25, 0.3) is 5.91 Å². The second-order valence-electron chi connectivity index (χ2n) is 8.05. The van der Waals surface area contributed by atoms with E-state index in [2.05, 4.69) is 41.3 Å². The van der Waals surface area contributed by atoms with Gasteiger partial charge in [-0.2, -0.15) is 5.10 Å². The molecule has 1 aliphatic heterocycles. The molecule has 2 aromatic rings. The van der Waals surface area contributed by atoms with Crippen molar-refractivity contribution in [3.8, 4) is 0 Å². The molecule has 1 aromatic carbocycles. The van der Waals surface area contributed by atoms with Gasteiger partial charge in [-0.15, -0.1) is 0 Å². The first-order valence-electron chi connectivity index (χ1n) is 10.1. The minimum atomic E-state index is -0.0705. The van der Waals surface area contributed by atoms with Crippen LogP contribution in [0, 0.1) is 19.8 Å². The minimum Gasteiger partial charge on any atom is -0.374 e. The van der Waals surface area contributed by atoms with Gasteiger partial charge in [-0.05, 0) is 25.3 Å². The summed E-state index contributed by atoms with van der Waals surface area (Å²) in [5, 5.41) is 7.64. The van der Waals surface area contributed by atoms with Crippen LogP contribution in [-0.2, 0) is 11.3 Å². The molecule has 1 atom stereocenters. The highest BCUT2D eigenvalue weighted by Gasteiger charge is 2.23. The molecule has 2 heterocycles. The molecule has 1 aromatic heterocycles. The van der Waals surface area contributed by atoms with E-state index in [-0.39, 0.29) is 12.0 Å². The number of ether oxygens (including phenoxy) is 1. The van der Waals surface area contributed by atoms with E-state index in [9.17, 15) is 4.79 Å². The van der Waals surface area contributed by atoms with Gasteiger partial charge in [0.1, 0.15) is 0 Å². The Labute approximate surface area is 167 Å². The third-order valence-corrected chi connectivity index (χ3v) is 5.12. The number of aryl methyl sites for hydroxylation is 1. The maximum atomic E-state index is 12.8. The summed E-state index contributed by atoms with van der Waals surface area (Å²) in [5.41, 5.74) is 3.49. The van der Waals surface area contributed by atoms with Crippen LogP contribution in [0.3, 0.4) is 0 Å². The topological polar surface area (TPSA) is 59.4 Å². The van der Waals surface area contributed by atoms with Crippen LogP contribution in [0.4, 0.5) is 0 Å². The quantitative estimate of drug-likeness (QED) is 0.797. The molecule has 1 saturated heterocycles. The first kappa shape index (κ1) is 20.6. The van der Waals surface area contributed by atoms with Crippen molar-refractivity contribution in [2.24, 2.45) is 5.92 Å². The van der Waals surface area contributed by atoms with Crippen molar-refractivity contribution < 1.29 is 9.53 Å². The number of benzene rings is 1. The lowest BCUT2D eigenvalue weighted by Gasteiger charge is -2.33. The van der Waals surface area contributed by atoms with E-state index in [1.54, 1.807) is 0 Å². The van der Waals surface area contributed by atoms with Crippen LogP contribution in [0.5, 0.6) is 0 Å². The normalized spacial score (nSPS) is 17.8. The maximum Gasteiger partial charge on any atom is 0.255 e. The molecule has 0 saturated carbocycles. The Morgan fingerprint density at radius 1 is 1.29 bits per heavy atom. The van der Waals surface area contributed by atoms with E-state index in [1.807, 2.05) is 36.7 Å². The fraction of sp³-hybridized carbons (Fsp3) is 0.545. The molecule has 6 heteroatoms. The molecule has 0 spiro atoms. The van der Waals surface area contributed by atoms with E-state index in [4.69, 9.17) is 4.74 Å². The Morgan fingerprint density at radius 3 is 2.75 bits per heavy atom. The fourth-order valence-corrected chi connectivity index (χ4v) is 3.82. The van der Waals surface area contributed by atoms with Crippen LogP contribution >= 0.6 is 0 Å². The van der Waals surface area contributed by atoms with Gasteiger partial charge >= 0.3 is 0 Å². The monoisotopic (exact) mass is 384 g/mol. The molecule has 1 N–H and O–H groups in total. The molecule has 6 nitrogen and oxygen atoms in total. The van der Waals surface area contributed by atoms with E-state index < -0.39 is 0 Å². The molecular weight excluding hydrogens is 352 g/mol. The number of rotatable bonds is 7. The van der Waals surface area contributed by atoms with Crippen molar-refractivity contribution in [1.29, 1.82) is 0 Å². The second kappa shape index (κ2) is 9.34. The van der Waals surface area contributed by atoms with E-state index >= 15 is 0 Å². The van der Waals surface area contributed by atoms with Gasteiger partial charge in [0.2, 0.25) is 0 Å². The highest BCUT2D eigenvalue weighted by Crippen LogP contribution is 2.15. The van der Waals surface area contributed by atoms with Crippen molar-refractivity contribution in [3.05, 3.63) is 52.8 Å². The number of hydrogen-bond acceptors (Lipinski definition) is 4. The van der Waals surface area contributed by atoms with Crippen molar-refractivity contribution in [3.63, 3.8) is 0 Å². The van der Waals surface area contributed by atoms with Crippen LogP contribution < -0.4 is 5.32 Å². The minimum absolute atomic E-state index is 0.0384. The number of nitrogens with zero attached hydrogens (tertiary/aromatic N) is 3. The summed E-state index contributed by atoms with van der Waals surface area (Å²) in [7, 11) is 0. The Hall–Kier alpha value is -2.18. The lowest BCUT2D eigenvalue weighted by atomic mass is 10.1. The second-order valence-corrected chi connectivity index (χ2v) is 8.05. The molecule has 0 bridgehead atoms. The molecular formula is C22H32N4O2. The van der Waals surface area contributed by atoms with Crippen molar-refractivity contribution in [2.75, 3.05) is 32.8 Å². The zero-order valence-corrected chi connectivity index (χ0v) is 17.4. The zero-order chi connectivity index (χ0) is 20.1. The molecule has 0 aliphatic carbocycles. The van der Waals surface area contributed by atoms with Gasteiger partial charge in [0.15, 0.2) is 0 Å². The van der Waals surface area contributed by atoms with Crippen LogP contribution in [0.25, 0.3) is 0 Å². The van der Waals surface area contributed by atoms with E-state index in [0.29, 0.717) is 24.6 Å². The van der Waals surface area contributed by atoms with Crippen LogP contribution in [0.1, 0.15) is 41.2 Å². The van der Waals surface area contributed by atoms with Crippen molar-refractivity contribution in [1.82, 2.24) is 20.0 Å². The largest absolute Gasteiger partial charge is 0.374 e. The van der Waals surface area contributed by atoms with Crippen molar-refractivity contribution >= 4 is 5.91 Å². The number of carbonyl (C=O) groups is 1. The summed E-state index contributed by atoms with van der Waals surface area (Å²) >= 11 is 0. The van der Waals surface area contributed by atoms with Gasteiger partial charge in [-0.3, -0.25) is 14.4 Å². The number of amides is 1. The molecule has 0 radical (unpaired) electrons. The summed E-state index contributed by atoms with van der Waals surface area (Å²) in [6, 6.07) is 10.2. The summed E-state index contributed by atoms with van der Waals surface area (Å²) in [4.78, 5) is 15.2. The molecule has 1 unspecified atom stereocenters. The Kier molecular flexibility index (Phi) is 6.86. The van der Waals surface area contributed by atoms with Gasteiger partial charge in [0.05, 0.1) is 30.5 Å². The molecule has 1 fully saturated rings. The third kappa shape index (κ3) is 5.20. The number of morpholine rings is 1. The van der Waals surface area contributed by atoms with Gasteiger partial charge in [-0.25, -0.2) is 0 Å². The standard InChI is InChI=1S/C22H32N4O2/c1-16(2)13-25-10-11-28-20(15-25)12-23-22(27)21-17(3)24-26(18(21)4)14-19-8-6-5-7-9-19/h5-9,16,20H,10-15H2,1-4H3,(H,23,27). The summed E-state index contributed by atoms with van der Waals surface area (Å²) in [6.45, 7) is 13.1. The number of carbonyl (C=O) groups excluding carboxylic acids is 1. The predicted octanol–water partition coefficient (Wildman–Crippen LogP) is 2.63. The van der Waals surface area contributed by atoms with E-state index in [1.165, 1.54) is 5.56 Å². The molecule has 152 valence electrons. The average Bonchev–Trinajstić information content (AvgIpc) is 2.94. The molecule has 3 rings (SSSR count). The lowest BCUT2D eigenvalue weighted by Crippen LogP contribution is -2.48. The zero-order valence-electron chi connectivity index (χ0n) is 17.4. The van der Waals surface area contributed by atoms with Crippen LogP contribution in [0.2, 0.25) is 0 Å². The molecule has 1 amide bonds. The summed E-state index contributed by atoms with van der Waals surface area (Å²) in [5.74, 6) is 0.563. The highest BCUT2D eigenvalue weighted by atomic mass is 16.5. The summed E-state index contributed by atoms with van der Waals surface area (Å²) in [6.07, 6.45) is 0.0384. The smallest absolute Gasteiger partial charge is 0.255 e. The van der Waals surface area contributed by atoms with Gasteiger partial charge < -0.3 is 10.1 Å². The first-order chi connectivity index (χ1) is 13.4. The number of aromatic nitrogens is 2. The van der Waals surface area contributed by atoms with Gasteiger partial charge in [-0.1, -0.05) is 44.2 Å². The predicted molar refractivity (Wildman–Crippen MR) is 111 cm³/mol. The van der Waals surface area contributed by atoms with Crippen molar-refractivity contribution in [2.45, 2.75) is 40.3 Å². The van der Waals surface area contributed by atoms with Crippen LogP contribution in [-0.4, -0.2) is 59.5 Å². The highest BCUT2D eigenvalue weighted by molar-refractivity contribution is 5.96. The number of hydrogen-bond donors (Lipinski definition) is 1. The third-order valence-electron chi connectivity index (χ3n) is 5.12. The Bertz CT molecular complexity index is 785. The maximum absolute atomic E-state index is 12.8. The van der Waals surface area contributed by atoms with Gasteiger partial charge in [0, 0.05) is 31.9 Å². The van der Waals surface area contributed by atoms with E-state index in [0.717, 1.165) is 37.6 Å². The Balaban J connectivity index is 1.60. The fourth-order valence-electron chi connectivity index (χ4n) is 3.82. The average molecular weight is 385 g/mol.